The van der Waals surface area contributed by atoms with Crippen molar-refractivity contribution in [2.24, 2.45) is 17.8 Å². The first-order valence-electron chi connectivity index (χ1n) is 15.0. The molecule has 40 heavy (non-hydrogen) atoms. The van der Waals surface area contributed by atoms with E-state index in [9.17, 15) is 9.59 Å². The zero-order chi connectivity index (χ0) is 29.4. The van der Waals surface area contributed by atoms with Crippen molar-refractivity contribution in [2.75, 3.05) is 47.1 Å². The summed E-state index contributed by atoms with van der Waals surface area (Å²) in [7, 11) is 3.26. The van der Waals surface area contributed by atoms with Crippen LogP contribution in [0.15, 0.2) is 18.2 Å². The van der Waals surface area contributed by atoms with E-state index in [2.05, 4.69) is 52.2 Å². The second kappa shape index (κ2) is 14.9. The van der Waals surface area contributed by atoms with Gasteiger partial charge in [0.1, 0.15) is 0 Å². The Hall–Kier alpha value is -2.52. The molecule has 3 atom stereocenters. The maximum atomic E-state index is 13.9. The molecule has 1 saturated carbocycles. The first-order valence-corrected chi connectivity index (χ1v) is 15.0. The molecule has 9 nitrogen and oxygen atoms in total. The van der Waals surface area contributed by atoms with Gasteiger partial charge in [-0.25, -0.2) is 4.79 Å². The summed E-state index contributed by atoms with van der Waals surface area (Å²) in [5.41, 5.74) is 0.579. The van der Waals surface area contributed by atoms with Crippen LogP contribution in [0, 0.1) is 17.8 Å². The lowest BCUT2D eigenvalue weighted by molar-refractivity contribution is 0.0648. The van der Waals surface area contributed by atoms with Crippen LogP contribution in [-0.4, -0.2) is 93.0 Å². The fraction of sp³-hybridized carbons (Fsp3) is 0.742. The smallest absolute Gasteiger partial charge is 0.318 e. The number of methoxy groups -OCH3 is 2. The maximum absolute atomic E-state index is 13.9. The van der Waals surface area contributed by atoms with Crippen LogP contribution < -0.4 is 20.1 Å². The topological polar surface area (TPSA) is 92.4 Å². The fourth-order valence-corrected chi connectivity index (χ4v) is 5.94. The summed E-state index contributed by atoms with van der Waals surface area (Å²) >= 11 is 0. The lowest BCUT2D eigenvalue weighted by atomic mass is 9.85. The Morgan fingerprint density at radius 3 is 2.25 bits per heavy atom. The van der Waals surface area contributed by atoms with E-state index < -0.39 is 0 Å². The fourth-order valence-electron chi connectivity index (χ4n) is 5.94. The van der Waals surface area contributed by atoms with Crippen molar-refractivity contribution in [3.05, 3.63) is 23.8 Å². The molecule has 0 bridgehead atoms. The van der Waals surface area contributed by atoms with E-state index in [0.717, 1.165) is 32.4 Å². The molecule has 2 aliphatic rings. The van der Waals surface area contributed by atoms with Crippen LogP contribution in [0.3, 0.4) is 0 Å². The summed E-state index contributed by atoms with van der Waals surface area (Å²) in [5.74, 6) is 2.15. The molecule has 226 valence electrons. The summed E-state index contributed by atoms with van der Waals surface area (Å²) in [4.78, 5) is 31.1. The van der Waals surface area contributed by atoms with Crippen LogP contribution in [0.2, 0.25) is 0 Å². The standard InChI is InChI=1S/C31H52N4O5/c1-20(2)34(30(36)24-12-13-27(39-8)28(16-24)40-15-9-14-38-7)19-25-17-32-18-26(25)29(23-10-11-23)33-31(37)35(21(3)4)22(5)6/h12-13,16,20-23,25-26,29,32H,9-11,14-15,17-19H2,1-8H3,(H,33,37)/t25-,26+,29?/m0/s1. The van der Waals surface area contributed by atoms with Gasteiger partial charge >= 0.3 is 6.03 Å². The normalized spacial score (nSPS) is 19.7. The zero-order valence-electron chi connectivity index (χ0n) is 25.9. The maximum Gasteiger partial charge on any atom is 0.318 e. The molecule has 1 aromatic rings. The molecule has 3 amide bonds. The number of hydrogen-bond acceptors (Lipinski definition) is 6. The lowest BCUT2D eigenvalue weighted by Gasteiger charge is -2.37. The number of nitrogens with zero attached hydrogens (tertiary/aromatic N) is 2. The molecule has 1 unspecified atom stereocenters. The number of rotatable bonds is 15. The molecule has 1 saturated heterocycles. The molecule has 0 spiro atoms. The Morgan fingerprint density at radius 2 is 1.68 bits per heavy atom. The first-order chi connectivity index (χ1) is 19.1. The molecule has 1 heterocycles. The number of carbonyl (C=O) groups excluding carboxylic acids is 2. The average molecular weight is 561 g/mol. The zero-order valence-corrected chi connectivity index (χ0v) is 25.9. The SMILES string of the molecule is COCCCOc1cc(C(=O)N(C[C@@H]2CNC[C@H]2C(NC(=O)N(C(C)C)C(C)C)C2CC2)C(C)C)ccc1OC. The lowest BCUT2D eigenvalue weighted by Crippen LogP contribution is -2.54. The van der Waals surface area contributed by atoms with Crippen molar-refractivity contribution in [3.63, 3.8) is 0 Å². The van der Waals surface area contributed by atoms with Crippen molar-refractivity contribution < 1.29 is 23.8 Å². The van der Waals surface area contributed by atoms with Gasteiger partial charge in [-0.2, -0.15) is 0 Å². The summed E-state index contributed by atoms with van der Waals surface area (Å²) in [6.07, 6.45) is 3.03. The molecule has 0 aromatic heterocycles. The summed E-state index contributed by atoms with van der Waals surface area (Å²) in [5, 5.41) is 6.99. The second-order valence-corrected chi connectivity index (χ2v) is 12.1. The Labute approximate surface area is 241 Å². The Morgan fingerprint density at radius 1 is 0.975 bits per heavy atom. The van der Waals surface area contributed by atoms with Crippen LogP contribution in [0.1, 0.15) is 71.2 Å². The van der Waals surface area contributed by atoms with Gasteiger partial charge in [0.15, 0.2) is 11.5 Å². The van der Waals surface area contributed by atoms with Crippen LogP contribution in [0.4, 0.5) is 4.79 Å². The van der Waals surface area contributed by atoms with Crippen molar-refractivity contribution in [1.82, 2.24) is 20.4 Å². The summed E-state index contributed by atoms with van der Waals surface area (Å²) in [6, 6.07) is 5.79. The van der Waals surface area contributed by atoms with Crippen molar-refractivity contribution in [1.29, 1.82) is 0 Å². The van der Waals surface area contributed by atoms with Gasteiger partial charge < -0.3 is 34.6 Å². The largest absolute Gasteiger partial charge is 0.493 e. The van der Waals surface area contributed by atoms with E-state index in [0.29, 0.717) is 42.7 Å². The van der Waals surface area contributed by atoms with E-state index in [1.165, 1.54) is 0 Å². The highest BCUT2D eigenvalue weighted by molar-refractivity contribution is 5.95. The molecule has 3 rings (SSSR count). The third kappa shape index (κ3) is 8.26. The molecule has 2 fully saturated rings. The highest BCUT2D eigenvalue weighted by atomic mass is 16.5. The van der Waals surface area contributed by atoms with Crippen LogP contribution >= 0.6 is 0 Å². The van der Waals surface area contributed by atoms with Gasteiger partial charge in [0.2, 0.25) is 0 Å². The first kappa shape index (κ1) is 32.0. The van der Waals surface area contributed by atoms with E-state index in [1.807, 2.05) is 15.9 Å². The van der Waals surface area contributed by atoms with Crippen LogP contribution in [-0.2, 0) is 4.74 Å². The van der Waals surface area contributed by atoms with Crippen molar-refractivity contribution in [2.45, 2.75) is 85.0 Å². The summed E-state index contributed by atoms with van der Waals surface area (Å²) in [6.45, 7) is 15.8. The number of urea groups is 1. The van der Waals surface area contributed by atoms with E-state index in [4.69, 9.17) is 14.2 Å². The third-order valence-electron chi connectivity index (χ3n) is 8.10. The molecule has 2 N–H and O–H groups in total. The highest BCUT2D eigenvalue weighted by Gasteiger charge is 2.44. The quantitative estimate of drug-likeness (QED) is 0.309. The third-order valence-corrected chi connectivity index (χ3v) is 8.10. The molecule has 9 heteroatoms. The van der Waals surface area contributed by atoms with Gasteiger partial charge in [0.25, 0.3) is 5.91 Å². The molecule has 0 radical (unpaired) electrons. The molecule has 1 aliphatic carbocycles. The molecule has 1 aliphatic heterocycles. The number of nitrogens with one attached hydrogen (secondary N) is 2. The average Bonchev–Trinajstić information content (AvgIpc) is 3.64. The van der Waals surface area contributed by atoms with E-state index in [1.54, 1.807) is 26.4 Å². The Bertz CT molecular complexity index is 957. The van der Waals surface area contributed by atoms with Gasteiger partial charge in [-0.1, -0.05) is 0 Å². The van der Waals surface area contributed by atoms with Crippen LogP contribution in [0.5, 0.6) is 11.5 Å². The van der Waals surface area contributed by atoms with E-state index in [-0.39, 0.29) is 47.9 Å². The van der Waals surface area contributed by atoms with E-state index >= 15 is 0 Å². The highest BCUT2D eigenvalue weighted by Crippen LogP contribution is 2.39. The number of hydrogen-bond donors (Lipinski definition) is 2. The number of benzene rings is 1. The predicted octanol–water partition coefficient (Wildman–Crippen LogP) is 4.40. The molecular formula is C31H52N4O5. The monoisotopic (exact) mass is 560 g/mol. The van der Waals surface area contributed by atoms with Crippen molar-refractivity contribution >= 4 is 11.9 Å². The molecule has 1 aromatic carbocycles. The minimum absolute atomic E-state index is 0.0144. The number of amides is 3. The van der Waals surface area contributed by atoms with Gasteiger partial charge in [-0.05, 0) is 90.3 Å². The number of carbonyl (C=O) groups is 2. The summed E-state index contributed by atoms with van der Waals surface area (Å²) < 4.78 is 16.5. The van der Waals surface area contributed by atoms with Crippen molar-refractivity contribution in [3.8, 4) is 11.5 Å². The number of ether oxygens (including phenoxy) is 3. The van der Waals surface area contributed by atoms with Gasteiger partial charge in [0, 0.05) is 69.5 Å². The minimum Gasteiger partial charge on any atom is -0.493 e. The Kier molecular flexibility index (Phi) is 11.9. The van der Waals surface area contributed by atoms with Gasteiger partial charge in [-0.15, -0.1) is 0 Å². The van der Waals surface area contributed by atoms with Gasteiger partial charge in [-0.3, -0.25) is 4.79 Å². The minimum atomic E-state index is -0.0251. The second-order valence-electron chi connectivity index (χ2n) is 12.1. The van der Waals surface area contributed by atoms with Crippen LogP contribution in [0.25, 0.3) is 0 Å². The molecular weight excluding hydrogens is 508 g/mol. The Balaban J connectivity index is 1.76. The van der Waals surface area contributed by atoms with Gasteiger partial charge in [0.05, 0.1) is 13.7 Å². The predicted molar refractivity (Wildman–Crippen MR) is 158 cm³/mol.